The van der Waals surface area contributed by atoms with Gasteiger partial charge in [0.2, 0.25) is 21.8 Å². The van der Waals surface area contributed by atoms with Crippen molar-refractivity contribution < 1.29 is 32.3 Å². The molecule has 2 N–H and O–H groups in total. The van der Waals surface area contributed by atoms with Gasteiger partial charge in [-0.1, -0.05) is 62.1 Å². The number of nitrogens with zero attached hydrogens (tertiary/aromatic N) is 3. The Balaban J connectivity index is 1.12. The third kappa shape index (κ3) is 7.76. The first-order valence-electron chi connectivity index (χ1n) is 20.4. The van der Waals surface area contributed by atoms with Gasteiger partial charge in [0.25, 0.3) is 5.91 Å². The van der Waals surface area contributed by atoms with Crippen LogP contribution in [-0.4, -0.2) is 96.6 Å². The molecule has 3 heterocycles. The molecule has 298 valence electrons. The van der Waals surface area contributed by atoms with Crippen molar-refractivity contribution in [2.45, 2.75) is 106 Å². The van der Waals surface area contributed by atoms with Crippen molar-refractivity contribution in [1.29, 1.82) is 0 Å². The number of hydrogen-bond donors (Lipinski definition) is 2. The number of carbonyl (C=O) groups excluding carboxylic acids is 3. The van der Waals surface area contributed by atoms with E-state index < -0.39 is 50.7 Å². The number of likely N-dealkylation sites (tertiary alicyclic amines) is 2. The van der Waals surface area contributed by atoms with Crippen molar-refractivity contribution in [3.05, 3.63) is 67.3 Å². The summed E-state index contributed by atoms with van der Waals surface area (Å²) >= 11 is 0. The monoisotopic (exact) mass is 783 g/mol. The Labute approximate surface area is 329 Å². The first kappa shape index (κ1) is 38.4. The number of piperidine rings is 1. The van der Waals surface area contributed by atoms with Gasteiger partial charge in [-0.25, -0.2) is 13.4 Å². The molecule has 5 aliphatic rings. The number of sulfonamides is 1. The number of ether oxygens (including phenoxy) is 2. The molecule has 0 radical (unpaired) electrons. The van der Waals surface area contributed by atoms with Crippen LogP contribution in [0.5, 0.6) is 11.5 Å². The summed E-state index contributed by atoms with van der Waals surface area (Å²) in [6.07, 6.45) is 10.9. The molecule has 12 nitrogen and oxygen atoms in total. The van der Waals surface area contributed by atoms with Gasteiger partial charge in [-0.3, -0.25) is 24.0 Å². The van der Waals surface area contributed by atoms with E-state index in [-0.39, 0.29) is 37.3 Å². The van der Waals surface area contributed by atoms with Crippen LogP contribution in [0.1, 0.15) is 77.0 Å². The van der Waals surface area contributed by atoms with Crippen LogP contribution in [0.4, 0.5) is 0 Å². The van der Waals surface area contributed by atoms with Gasteiger partial charge in [-0.15, -0.1) is 6.58 Å². The lowest BCUT2D eigenvalue weighted by Gasteiger charge is -2.42. The van der Waals surface area contributed by atoms with E-state index in [1.54, 1.807) is 18.1 Å². The Kier molecular flexibility index (Phi) is 10.8. The average Bonchev–Trinajstić information content (AvgIpc) is 4.15. The zero-order valence-electron chi connectivity index (χ0n) is 32.2. The van der Waals surface area contributed by atoms with Crippen LogP contribution in [0.2, 0.25) is 0 Å². The zero-order valence-corrected chi connectivity index (χ0v) is 33.0. The summed E-state index contributed by atoms with van der Waals surface area (Å²) in [7, 11) is -2.24. The largest absolute Gasteiger partial charge is 0.497 e. The maximum Gasteiger partial charge on any atom is 0.259 e. The second kappa shape index (κ2) is 15.8. The van der Waals surface area contributed by atoms with E-state index >= 15 is 4.79 Å². The van der Waals surface area contributed by atoms with Crippen LogP contribution >= 0.6 is 0 Å². The smallest absolute Gasteiger partial charge is 0.259 e. The molecule has 3 aromatic rings. The van der Waals surface area contributed by atoms with Gasteiger partial charge in [-0.2, -0.15) is 0 Å². The van der Waals surface area contributed by atoms with E-state index in [0.29, 0.717) is 35.6 Å². The molecule has 13 heteroatoms. The van der Waals surface area contributed by atoms with Crippen LogP contribution in [0.25, 0.3) is 22.2 Å². The lowest BCUT2D eigenvalue weighted by Crippen LogP contribution is -2.59. The number of amides is 3. The van der Waals surface area contributed by atoms with Gasteiger partial charge in [-0.05, 0) is 76.1 Å². The lowest BCUT2D eigenvalue weighted by molar-refractivity contribution is -0.146. The van der Waals surface area contributed by atoms with Crippen LogP contribution < -0.4 is 19.5 Å². The third-order valence-corrected chi connectivity index (χ3v) is 14.4. The normalized spacial score (nSPS) is 26.3. The Bertz CT molecular complexity index is 2060. The highest BCUT2D eigenvalue weighted by Crippen LogP contribution is 2.46. The first-order valence-corrected chi connectivity index (χ1v) is 21.9. The van der Waals surface area contributed by atoms with Gasteiger partial charge in [0.05, 0.1) is 36.2 Å². The number of hydrogen-bond acceptors (Lipinski definition) is 9. The predicted octanol–water partition coefficient (Wildman–Crippen LogP) is 5.36. The summed E-state index contributed by atoms with van der Waals surface area (Å²) in [6.45, 7) is 5.71. The summed E-state index contributed by atoms with van der Waals surface area (Å²) in [5.41, 5.74) is 0.839. The summed E-state index contributed by atoms with van der Waals surface area (Å²) in [5.74, 6) is -0.366. The maximum absolute atomic E-state index is 15.1. The third-order valence-electron chi connectivity index (χ3n) is 12.6. The number of nitrogens with one attached hydrogen (secondary N) is 2. The molecular formula is C43H53N5O7S. The summed E-state index contributed by atoms with van der Waals surface area (Å²) in [4.78, 5) is 52.4. The van der Waals surface area contributed by atoms with E-state index in [1.165, 1.54) is 0 Å². The Morgan fingerprint density at radius 3 is 2.38 bits per heavy atom. The number of pyridine rings is 1. The zero-order chi connectivity index (χ0) is 39.0. The second-order valence-electron chi connectivity index (χ2n) is 16.4. The number of fused-ring (bicyclic) bond motifs is 1. The highest BCUT2D eigenvalue weighted by Gasteiger charge is 2.62. The maximum atomic E-state index is 15.1. The Hall–Kier alpha value is -4.49. The molecule has 3 amide bonds. The van der Waals surface area contributed by atoms with E-state index in [2.05, 4.69) is 21.5 Å². The van der Waals surface area contributed by atoms with Crippen LogP contribution in [0, 0.1) is 11.8 Å². The highest BCUT2D eigenvalue weighted by atomic mass is 32.2. The minimum Gasteiger partial charge on any atom is -0.497 e. The fourth-order valence-corrected chi connectivity index (χ4v) is 10.6. The standard InChI is InChI=1S/C43H53N5O7S/c1-3-30-26-43(30,42(51)46-56(52,53)33-18-19-33)45-40(49)37-24-32(27-48(37)41(50)39(29-15-9-5-10-16-29)47-21-11-6-12-22-47)55-38-25-35(28-13-7-4-8-14-28)44-36-23-31(54-2)17-20-34(36)38/h3-4,7-8,13-14,17,20,23,25,29-30,32-33,37,39H,1,5-6,9-12,15-16,18-19,21-22,24,26-27H2,2H3,(H,45,49)(H,46,51)/t30?,32-,37+,39+,43?/m1/s1. The molecule has 2 aromatic carbocycles. The Morgan fingerprint density at radius 2 is 1.70 bits per heavy atom. The molecule has 56 heavy (non-hydrogen) atoms. The first-order chi connectivity index (χ1) is 27.1. The summed E-state index contributed by atoms with van der Waals surface area (Å²) in [6, 6.07) is 16.0. The van der Waals surface area contributed by atoms with Crippen molar-refractivity contribution in [2.24, 2.45) is 11.8 Å². The van der Waals surface area contributed by atoms with Crippen molar-refractivity contribution in [1.82, 2.24) is 24.8 Å². The SMILES string of the molecule is C=CC1CC1(NC(=O)[C@@H]1C[C@@H](Oc2cc(-c3ccccc3)nc3cc(OC)ccc23)CN1C(=O)[C@H](C1CCCCC1)N1CCCCC1)C(=O)NS(=O)(=O)C1CC1. The van der Waals surface area contributed by atoms with Gasteiger partial charge in [0.1, 0.15) is 29.2 Å². The average molecular weight is 784 g/mol. The van der Waals surface area contributed by atoms with Crippen LogP contribution in [-0.2, 0) is 24.4 Å². The molecule has 5 fully saturated rings. The van der Waals surface area contributed by atoms with Gasteiger partial charge in [0.15, 0.2) is 0 Å². The minimum absolute atomic E-state index is 0.0785. The number of rotatable bonds is 13. The summed E-state index contributed by atoms with van der Waals surface area (Å²) < 4.78 is 40.3. The second-order valence-corrected chi connectivity index (χ2v) is 18.3. The molecule has 2 saturated heterocycles. The quantitative estimate of drug-likeness (QED) is 0.219. The van der Waals surface area contributed by atoms with Crippen molar-refractivity contribution in [2.75, 3.05) is 26.7 Å². The summed E-state index contributed by atoms with van der Waals surface area (Å²) in [5, 5.41) is 3.13. The number of carbonyl (C=O) groups is 3. The van der Waals surface area contributed by atoms with Crippen LogP contribution in [0.15, 0.2) is 67.3 Å². The van der Waals surface area contributed by atoms with E-state index in [1.807, 2.05) is 54.6 Å². The number of methoxy groups -OCH3 is 1. The van der Waals surface area contributed by atoms with Crippen LogP contribution in [0.3, 0.4) is 0 Å². The molecule has 2 aliphatic heterocycles. The molecule has 3 saturated carbocycles. The van der Waals surface area contributed by atoms with Gasteiger partial charge < -0.3 is 19.7 Å². The number of benzene rings is 2. The molecular weight excluding hydrogens is 731 g/mol. The van der Waals surface area contributed by atoms with E-state index in [9.17, 15) is 18.0 Å². The molecule has 2 unspecified atom stereocenters. The molecule has 1 aromatic heterocycles. The van der Waals surface area contributed by atoms with E-state index in [4.69, 9.17) is 14.5 Å². The Morgan fingerprint density at radius 1 is 0.964 bits per heavy atom. The van der Waals surface area contributed by atoms with Crippen molar-refractivity contribution >= 4 is 38.6 Å². The predicted molar refractivity (Wildman–Crippen MR) is 213 cm³/mol. The van der Waals surface area contributed by atoms with Gasteiger partial charge >= 0.3 is 0 Å². The van der Waals surface area contributed by atoms with Crippen molar-refractivity contribution in [3.8, 4) is 22.8 Å². The van der Waals surface area contributed by atoms with Crippen molar-refractivity contribution in [3.63, 3.8) is 0 Å². The lowest BCUT2D eigenvalue weighted by atomic mass is 9.82. The number of aromatic nitrogens is 1. The highest BCUT2D eigenvalue weighted by molar-refractivity contribution is 7.91. The molecule has 0 bridgehead atoms. The van der Waals surface area contributed by atoms with Gasteiger partial charge in [0, 0.05) is 35.4 Å². The molecule has 0 spiro atoms. The fraction of sp³-hybridized carbons (Fsp3) is 0.535. The molecule has 3 aliphatic carbocycles. The molecule has 8 rings (SSSR count). The minimum atomic E-state index is -3.85. The van der Waals surface area contributed by atoms with E-state index in [0.717, 1.165) is 75.4 Å². The topological polar surface area (TPSA) is 147 Å². The fourth-order valence-electron chi connectivity index (χ4n) is 9.20. The molecule has 5 atom stereocenters.